The molecule has 1 amide bonds. The molecule has 0 heterocycles. The van der Waals surface area contributed by atoms with E-state index < -0.39 is 0 Å². The van der Waals surface area contributed by atoms with Crippen molar-refractivity contribution in [1.82, 2.24) is 0 Å². The molecule has 0 spiro atoms. The number of anilines is 2. The van der Waals surface area contributed by atoms with E-state index in [1.807, 2.05) is 31.2 Å². The van der Waals surface area contributed by atoms with Gasteiger partial charge in [-0.25, -0.2) is 0 Å². The number of benzene rings is 2. The standard InChI is InChI=1S/C14H12Br2N2O/c1-8-2-5-12(17)13(6-8)18-14(19)10-4-3-9(15)7-11(10)16/h2-7H,17H2,1H3,(H,18,19). The SMILES string of the molecule is Cc1ccc(N)c(NC(=O)c2ccc(Br)cc2Br)c1. The molecule has 3 nitrogen and oxygen atoms in total. The average Bonchev–Trinajstić information content (AvgIpc) is 2.33. The molecule has 0 aliphatic heterocycles. The largest absolute Gasteiger partial charge is 0.397 e. The van der Waals surface area contributed by atoms with E-state index in [4.69, 9.17) is 5.73 Å². The maximum atomic E-state index is 12.2. The van der Waals surface area contributed by atoms with E-state index in [1.54, 1.807) is 12.1 Å². The Morgan fingerprint density at radius 1 is 1.16 bits per heavy atom. The Morgan fingerprint density at radius 3 is 2.58 bits per heavy atom. The van der Waals surface area contributed by atoms with E-state index in [9.17, 15) is 4.79 Å². The first-order valence-electron chi connectivity index (χ1n) is 5.60. The predicted octanol–water partition coefficient (Wildman–Crippen LogP) is 4.35. The maximum absolute atomic E-state index is 12.2. The lowest BCUT2D eigenvalue weighted by Gasteiger charge is -2.10. The van der Waals surface area contributed by atoms with Gasteiger partial charge < -0.3 is 11.1 Å². The van der Waals surface area contributed by atoms with Crippen LogP contribution in [0.5, 0.6) is 0 Å². The predicted molar refractivity (Wildman–Crippen MR) is 85.4 cm³/mol. The molecule has 0 aromatic heterocycles. The number of hydrogen-bond acceptors (Lipinski definition) is 2. The highest BCUT2D eigenvalue weighted by Gasteiger charge is 2.11. The van der Waals surface area contributed by atoms with Crippen LogP contribution in [0.15, 0.2) is 45.3 Å². The Kier molecular flexibility index (Phi) is 4.27. The van der Waals surface area contributed by atoms with Gasteiger partial charge in [0.2, 0.25) is 0 Å². The normalized spacial score (nSPS) is 10.3. The van der Waals surface area contributed by atoms with Gasteiger partial charge in [-0.1, -0.05) is 22.0 Å². The Labute approximate surface area is 128 Å². The van der Waals surface area contributed by atoms with E-state index >= 15 is 0 Å². The third-order valence-electron chi connectivity index (χ3n) is 2.63. The molecule has 0 aliphatic carbocycles. The summed E-state index contributed by atoms with van der Waals surface area (Å²) in [5.74, 6) is -0.198. The lowest BCUT2D eigenvalue weighted by molar-refractivity contribution is 0.102. The van der Waals surface area contributed by atoms with E-state index in [1.165, 1.54) is 0 Å². The minimum atomic E-state index is -0.198. The molecule has 2 aromatic carbocycles. The second-order valence-corrected chi connectivity index (χ2v) is 5.94. The molecule has 0 bridgehead atoms. The third-order valence-corrected chi connectivity index (χ3v) is 3.78. The number of halogens is 2. The van der Waals surface area contributed by atoms with E-state index in [0.29, 0.717) is 16.9 Å². The van der Waals surface area contributed by atoms with Gasteiger partial charge >= 0.3 is 0 Å². The molecule has 0 saturated heterocycles. The zero-order chi connectivity index (χ0) is 14.0. The van der Waals surface area contributed by atoms with Crippen molar-refractivity contribution in [2.75, 3.05) is 11.1 Å². The summed E-state index contributed by atoms with van der Waals surface area (Å²) < 4.78 is 1.64. The monoisotopic (exact) mass is 382 g/mol. The van der Waals surface area contributed by atoms with Crippen LogP contribution >= 0.6 is 31.9 Å². The van der Waals surface area contributed by atoms with Gasteiger partial charge in [0.25, 0.3) is 5.91 Å². The first-order valence-corrected chi connectivity index (χ1v) is 7.18. The number of nitrogen functional groups attached to an aromatic ring is 1. The van der Waals surface area contributed by atoms with Crippen LogP contribution in [0, 0.1) is 6.92 Å². The molecule has 0 fully saturated rings. The fourth-order valence-electron chi connectivity index (χ4n) is 1.64. The van der Waals surface area contributed by atoms with Crippen molar-refractivity contribution in [3.05, 3.63) is 56.5 Å². The summed E-state index contributed by atoms with van der Waals surface area (Å²) in [6.07, 6.45) is 0. The molecule has 5 heteroatoms. The van der Waals surface area contributed by atoms with Crippen LogP contribution < -0.4 is 11.1 Å². The summed E-state index contributed by atoms with van der Waals surface area (Å²) in [6, 6.07) is 10.9. The minimum Gasteiger partial charge on any atom is -0.397 e. The summed E-state index contributed by atoms with van der Waals surface area (Å²) in [5.41, 5.74) is 8.62. The van der Waals surface area contributed by atoms with Crippen LogP contribution in [0.25, 0.3) is 0 Å². The van der Waals surface area contributed by atoms with Gasteiger partial charge in [-0.05, 0) is 58.7 Å². The highest BCUT2D eigenvalue weighted by atomic mass is 79.9. The van der Waals surface area contributed by atoms with Crippen LogP contribution in [0.3, 0.4) is 0 Å². The number of hydrogen-bond donors (Lipinski definition) is 2. The van der Waals surface area contributed by atoms with Crippen LogP contribution in [-0.4, -0.2) is 5.91 Å². The average molecular weight is 384 g/mol. The van der Waals surface area contributed by atoms with E-state index in [2.05, 4.69) is 37.2 Å². The van der Waals surface area contributed by atoms with Crippen molar-refractivity contribution >= 4 is 49.1 Å². The fourth-order valence-corrected chi connectivity index (χ4v) is 2.87. The van der Waals surface area contributed by atoms with Gasteiger partial charge in [0.1, 0.15) is 0 Å². The molecule has 0 radical (unpaired) electrons. The van der Waals surface area contributed by atoms with Crippen molar-refractivity contribution in [1.29, 1.82) is 0 Å². The van der Waals surface area contributed by atoms with Gasteiger partial charge in [0.15, 0.2) is 0 Å². The van der Waals surface area contributed by atoms with Crippen molar-refractivity contribution in [3.8, 4) is 0 Å². The van der Waals surface area contributed by atoms with Gasteiger partial charge in [-0.3, -0.25) is 4.79 Å². The van der Waals surface area contributed by atoms with Crippen molar-refractivity contribution in [2.45, 2.75) is 6.92 Å². The van der Waals surface area contributed by atoms with Gasteiger partial charge in [0, 0.05) is 8.95 Å². The smallest absolute Gasteiger partial charge is 0.256 e. The molecule has 98 valence electrons. The van der Waals surface area contributed by atoms with Gasteiger partial charge in [0.05, 0.1) is 16.9 Å². The van der Waals surface area contributed by atoms with E-state index in [-0.39, 0.29) is 5.91 Å². The fraction of sp³-hybridized carbons (Fsp3) is 0.0714. The van der Waals surface area contributed by atoms with Gasteiger partial charge in [-0.15, -0.1) is 0 Å². The maximum Gasteiger partial charge on any atom is 0.256 e. The van der Waals surface area contributed by atoms with Crippen LogP contribution in [0.2, 0.25) is 0 Å². The topological polar surface area (TPSA) is 55.1 Å². The molecule has 0 unspecified atom stereocenters. The number of nitrogens with two attached hydrogens (primary N) is 1. The summed E-state index contributed by atoms with van der Waals surface area (Å²) in [4.78, 5) is 12.2. The van der Waals surface area contributed by atoms with Crippen molar-refractivity contribution in [3.63, 3.8) is 0 Å². The van der Waals surface area contributed by atoms with Crippen LogP contribution in [-0.2, 0) is 0 Å². The number of carbonyl (C=O) groups is 1. The van der Waals surface area contributed by atoms with Crippen molar-refractivity contribution < 1.29 is 4.79 Å². The highest BCUT2D eigenvalue weighted by molar-refractivity contribution is 9.11. The van der Waals surface area contributed by atoms with Crippen LogP contribution in [0.4, 0.5) is 11.4 Å². The Morgan fingerprint density at radius 2 is 1.89 bits per heavy atom. The minimum absolute atomic E-state index is 0.198. The van der Waals surface area contributed by atoms with E-state index in [0.717, 1.165) is 14.5 Å². The molecular formula is C14H12Br2N2O. The Bertz CT molecular complexity index is 641. The second-order valence-electron chi connectivity index (χ2n) is 4.17. The number of amides is 1. The summed E-state index contributed by atoms with van der Waals surface area (Å²) in [7, 11) is 0. The molecule has 3 N–H and O–H groups in total. The molecule has 2 rings (SSSR count). The molecule has 0 atom stereocenters. The molecular weight excluding hydrogens is 372 g/mol. The number of rotatable bonds is 2. The molecule has 0 aliphatic rings. The number of carbonyl (C=O) groups excluding carboxylic acids is 1. The lowest BCUT2D eigenvalue weighted by Crippen LogP contribution is -2.14. The summed E-state index contributed by atoms with van der Waals surface area (Å²) >= 11 is 6.72. The van der Waals surface area contributed by atoms with Crippen LogP contribution in [0.1, 0.15) is 15.9 Å². The molecule has 2 aromatic rings. The quantitative estimate of drug-likeness (QED) is 0.757. The van der Waals surface area contributed by atoms with Gasteiger partial charge in [-0.2, -0.15) is 0 Å². The third kappa shape index (κ3) is 3.36. The first-order chi connectivity index (χ1) is 8.97. The zero-order valence-electron chi connectivity index (χ0n) is 10.2. The second kappa shape index (κ2) is 5.75. The molecule has 0 saturated carbocycles. The Balaban J connectivity index is 2.28. The van der Waals surface area contributed by atoms with Crippen molar-refractivity contribution in [2.24, 2.45) is 0 Å². The number of aryl methyl sites for hydroxylation is 1. The number of nitrogens with one attached hydrogen (secondary N) is 1. The summed E-state index contributed by atoms with van der Waals surface area (Å²) in [6.45, 7) is 1.95. The Hall–Kier alpha value is -1.33. The summed E-state index contributed by atoms with van der Waals surface area (Å²) in [5, 5.41) is 2.82. The first kappa shape index (κ1) is 14.1. The lowest BCUT2D eigenvalue weighted by atomic mass is 10.1. The molecule has 19 heavy (non-hydrogen) atoms. The highest BCUT2D eigenvalue weighted by Crippen LogP contribution is 2.25. The zero-order valence-corrected chi connectivity index (χ0v) is 13.4.